The predicted molar refractivity (Wildman–Crippen MR) is 137 cm³/mol. The number of carbonyl (C=O) groups excluding carboxylic acids is 2. The van der Waals surface area contributed by atoms with Crippen molar-refractivity contribution in [2.45, 2.75) is 36.9 Å². The average molecular weight is 545 g/mol. The summed E-state index contributed by atoms with van der Waals surface area (Å²) in [6, 6.07) is 19.3. The molecule has 0 aliphatic carbocycles. The number of hydrogen-bond donors (Lipinski definition) is 1. The van der Waals surface area contributed by atoms with E-state index in [0.717, 1.165) is 19.4 Å². The molecule has 11 heteroatoms. The van der Waals surface area contributed by atoms with Crippen LogP contribution < -0.4 is 0 Å². The molecular weight excluding hydrogens is 513 g/mol. The van der Waals surface area contributed by atoms with Crippen LogP contribution in [0.5, 0.6) is 0 Å². The highest BCUT2D eigenvalue weighted by molar-refractivity contribution is 5.95. The van der Waals surface area contributed by atoms with Crippen molar-refractivity contribution < 1.29 is 32.7 Å². The number of alkyl halides is 3. The van der Waals surface area contributed by atoms with Gasteiger partial charge < -0.3 is 19.8 Å². The highest BCUT2D eigenvalue weighted by Gasteiger charge is 2.52. The number of halogens is 3. The van der Waals surface area contributed by atoms with Crippen molar-refractivity contribution in [2.75, 3.05) is 40.3 Å². The zero-order valence-electron chi connectivity index (χ0n) is 21.8. The van der Waals surface area contributed by atoms with Crippen LogP contribution in [0.25, 0.3) is 0 Å². The largest absolute Gasteiger partial charge is 0.490 e. The van der Waals surface area contributed by atoms with E-state index in [1.807, 2.05) is 42.1 Å². The topological polar surface area (TPSA) is 105 Å². The minimum atomic E-state index is -5.08. The Hall–Kier alpha value is -3.91. The van der Waals surface area contributed by atoms with Crippen LogP contribution in [-0.2, 0) is 15.0 Å². The van der Waals surface area contributed by atoms with Gasteiger partial charge in [-0.05, 0) is 50.7 Å². The second-order valence-electron chi connectivity index (χ2n) is 9.93. The maximum absolute atomic E-state index is 13.6. The number of rotatable bonds is 5. The van der Waals surface area contributed by atoms with Gasteiger partial charge in [0.25, 0.3) is 5.91 Å². The summed E-state index contributed by atoms with van der Waals surface area (Å²) in [6.45, 7) is 2.62. The fourth-order valence-corrected chi connectivity index (χ4v) is 5.22. The van der Waals surface area contributed by atoms with Gasteiger partial charge in [-0.3, -0.25) is 9.59 Å². The van der Waals surface area contributed by atoms with E-state index in [2.05, 4.69) is 23.1 Å². The van der Waals surface area contributed by atoms with E-state index < -0.39 is 12.1 Å². The van der Waals surface area contributed by atoms with E-state index in [-0.39, 0.29) is 23.3 Å². The third-order valence-electron chi connectivity index (χ3n) is 7.25. The Morgan fingerprint density at radius 3 is 2.38 bits per heavy atom. The molecule has 0 radical (unpaired) electrons. The Morgan fingerprint density at radius 2 is 1.79 bits per heavy atom. The molecule has 2 amide bonds. The summed E-state index contributed by atoms with van der Waals surface area (Å²) < 4.78 is 31.7. The van der Waals surface area contributed by atoms with Crippen LogP contribution in [0.3, 0.4) is 0 Å². The van der Waals surface area contributed by atoms with Crippen molar-refractivity contribution in [3.63, 3.8) is 0 Å². The minimum absolute atomic E-state index is 0.0631. The van der Waals surface area contributed by atoms with Gasteiger partial charge in [-0.15, -0.1) is 0 Å². The quantitative estimate of drug-likeness (QED) is 0.618. The number of nitrogens with zero attached hydrogens (tertiary/aromatic N) is 4. The number of carbonyl (C=O) groups is 3. The zero-order valence-corrected chi connectivity index (χ0v) is 21.8. The molecule has 0 aromatic heterocycles. The van der Waals surface area contributed by atoms with Gasteiger partial charge in [0, 0.05) is 43.6 Å². The van der Waals surface area contributed by atoms with Gasteiger partial charge in [-0.25, -0.2) is 4.79 Å². The molecule has 208 valence electrons. The van der Waals surface area contributed by atoms with Crippen LogP contribution in [0.4, 0.5) is 13.2 Å². The highest BCUT2D eigenvalue weighted by atomic mass is 19.4. The Bertz CT molecular complexity index is 1230. The van der Waals surface area contributed by atoms with E-state index in [4.69, 9.17) is 9.90 Å². The molecule has 0 bridgehead atoms. The van der Waals surface area contributed by atoms with E-state index >= 15 is 0 Å². The Balaban J connectivity index is 0.000000532. The number of likely N-dealkylation sites (tertiary alicyclic amines) is 2. The van der Waals surface area contributed by atoms with Crippen molar-refractivity contribution in [1.82, 2.24) is 14.7 Å². The normalized spacial score (nSPS) is 20.9. The van der Waals surface area contributed by atoms with Crippen LogP contribution in [0.15, 0.2) is 54.6 Å². The highest BCUT2D eigenvalue weighted by Crippen LogP contribution is 2.46. The Labute approximate surface area is 225 Å². The van der Waals surface area contributed by atoms with Gasteiger partial charge in [0.2, 0.25) is 5.91 Å². The first-order valence-electron chi connectivity index (χ1n) is 12.5. The molecule has 8 nitrogen and oxygen atoms in total. The van der Waals surface area contributed by atoms with Crippen molar-refractivity contribution in [3.05, 3.63) is 71.3 Å². The molecule has 2 atom stereocenters. The van der Waals surface area contributed by atoms with Crippen LogP contribution in [0.1, 0.15) is 40.7 Å². The van der Waals surface area contributed by atoms with Crippen LogP contribution >= 0.6 is 0 Å². The number of amides is 2. The molecular formula is C28H31F3N4O4. The standard InChI is InChI=1S/C26H30N4O2.C2HF3O2/c1-28(2)15-16-29-19-23-26(12-11-24(29)31,22-9-4-3-5-10-22)13-14-30(23)25(32)21-8-6-7-20(17-21)18-27;3-2(4,5)1(6)7/h3-10,17,23H,11-16,19H2,1-2H3;(H,6,7). The average Bonchev–Trinajstić information content (AvgIpc) is 3.21. The van der Waals surface area contributed by atoms with Crippen molar-refractivity contribution >= 4 is 17.8 Å². The fourth-order valence-electron chi connectivity index (χ4n) is 5.22. The third-order valence-corrected chi connectivity index (χ3v) is 7.25. The number of nitriles is 1. The summed E-state index contributed by atoms with van der Waals surface area (Å²) in [7, 11) is 4.01. The third kappa shape index (κ3) is 6.95. The first-order chi connectivity index (χ1) is 18.4. The zero-order chi connectivity index (χ0) is 28.8. The van der Waals surface area contributed by atoms with Gasteiger partial charge in [0.05, 0.1) is 17.7 Å². The lowest BCUT2D eigenvalue weighted by atomic mass is 9.71. The molecule has 1 N–H and O–H groups in total. The number of likely N-dealkylation sites (N-methyl/N-ethyl adjacent to an activating group) is 1. The van der Waals surface area contributed by atoms with Crippen LogP contribution in [-0.4, -0.2) is 90.1 Å². The number of hydrogen-bond acceptors (Lipinski definition) is 5. The Morgan fingerprint density at radius 1 is 1.13 bits per heavy atom. The molecule has 0 saturated carbocycles. The lowest BCUT2D eigenvalue weighted by Gasteiger charge is -2.38. The number of aliphatic carboxylic acids is 1. The van der Waals surface area contributed by atoms with Crippen molar-refractivity contribution in [1.29, 1.82) is 5.26 Å². The molecule has 0 spiro atoms. The molecule has 2 unspecified atom stereocenters. The van der Waals surface area contributed by atoms with Gasteiger partial charge >= 0.3 is 12.1 Å². The van der Waals surface area contributed by atoms with E-state index in [1.54, 1.807) is 24.3 Å². The summed E-state index contributed by atoms with van der Waals surface area (Å²) >= 11 is 0. The SMILES string of the molecule is CN(C)CCN1CC2N(C(=O)c3cccc(C#N)c3)CCC2(c2ccccc2)CCC1=O.O=C(O)C(F)(F)F. The second kappa shape index (κ2) is 12.3. The number of carboxylic acids is 1. The smallest absolute Gasteiger partial charge is 0.475 e. The second-order valence-corrected chi connectivity index (χ2v) is 9.93. The first kappa shape index (κ1) is 29.6. The monoisotopic (exact) mass is 544 g/mol. The van der Waals surface area contributed by atoms with Gasteiger partial charge in [0.15, 0.2) is 0 Å². The summed E-state index contributed by atoms with van der Waals surface area (Å²) in [6.07, 6.45) is -3.02. The summed E-state index contributed by atoms with van der Waals surface area (Å²) in [5.74, 6) is -2.66. The van der Waals surface area contributed by atoms with E-state index in [1.165, 1.54) is 5.56 Å². The van der Waals surface area contributed by atoms with Gasteiger partial charge in [0.1, 0.15) is 0 Å². The molecule has 2 heterocycles. The minimum Gasteiger partial charge on any atom is -0.475 e. The maximum Gasteiger partial charge on any atom is 0.490 e. The summed E-state index contributed by atoms with van der Waals surface area (Å²) in [5.41, 5.74) is 1.97. The lowest BCUT2D eigenvalue weighted by molar-refractivity contribution is -0.192. The molecule has 2 saturated heterocycles. The molecule has 2 aromatic carbocycles. The molecule has 4 rings (SSSR count). The van der Waals surface area contributed by atoms with Crippen LogP contribution in [0.2, 0.25) is 0 Å². The molecule has 2 fully saturated rings. The molecule has 2 aliphatic rings. The molecule has 2 aromatic rings. The summed E-state index contributed by atoms with van der Waals surface area (Å²) in [4.78, 5) is 41.5. The Kier molecular flexibility index (Phi) is 9.35. The fraction of sp³-hybridized carbons (Fsp3) is 0.429. The maximum atomic E-state index is 13.6. The number of fused-ring (bicyclic) bond motifs is 1. The van der Waals surface area contributed by atoms with Crippen molar-refractivity contribution in [3.8, 4) is 6.07 Å². The lowest BCUT2D eigenvalue weighted by Crippen LogP contribution is -2.51. The predicted octanol–water partition coefficient (Wildman–Crippen LogP) is 3.53. The number of benzene rings is 2. The van der Waals surface area contributed by atoms with Gasteiger partial charge in [-0.2, -0.15) is 18.4 Å². The van der Waals surface area contributed by atoms with E-state index in [9.17, 15) is 28.0 Å². The molecule has 39 heavy (non-hydrogen) atoms. The van der Waals surface area contributed by atoms with Gasteiger partial charge in [-0.1, -0.05) is 36.4 Å². The van der Waals surface area contributed by atoms with E-state index in [0.29, 0.717) is 37.2 Å². The van der Waals surface area contributed by atoms with Crippen LogP contribution in [0, 0.1) is 11.3 Å². The number of carboxylic acid groups (broad SMARTS) is 1. The summed E-state index contributed by atoms with van der Waals surface area (Å²) in [5, 5.41) is 16.4. The van der Waals surface area contributed by atoms with Crippen molar-refractivity contribution in [2.24, 2.45) is 0 Å². The molecule has 2 aliphatic heterocycles. The first-order valence-corrected chi connectivity index (χ1v) is 12.5.